The highest BCUT2D eigenvalue weighted by atomic mass is 35.5. The van der Waals surface area contributed by atoms with Crippen LogP contribution in [0.5, 0.6) is 0 Å². The first kappa shape index (κ1) is 20.1. The molecule has 0 atom stereocenters. The van der Waals surface area contributed by atoms with Gasteiger partial charge in [0, 0.05) is 37.8 Å². The van der Waals surface area contributed by atoms with Gasteiger partial charge in [0.05, 0.1) is 17.0 Å². The first-order chi connectivity index (χ1) is 13.3. The summed E-state index contributed by atoms with van der Waals surface area (Å²) >= 11 is 5.51. The van der Waals surface area contributed by atoms with Gasteiger partial charge in [-0.3, -0.25) is 19.3 Å². The van der Waals surface area contributed by atoms with E-state index in [9.17, 15) is 19.2 Å². The smallest absolute Gasteiger partial charge is 0.409 e. The fourth-order valence-electron chi connectivity index (χ4n) is 3.35. The lowest BCUT2D eigenvalue weighted by Crippen LogP contribution is -2.50. The standard InChI is InChI=1S/C19H22ClN3O5/c1-12(2)23-17(25)14-4-3-13(11-15(14)18(23)26)16(24)21-6-8-22(9-7-21)19(27)28-10-5-20/h3-4,11-12H,5-10H2,1-2H3. The Morgan fingerprint density at radius 2 is 1.64 bits per heavy atom. The molecule has 0 bridgehead atoms. The summed E-state index contributed by atoms with van der Waals surface area (Å²) in [5.41, 5.74) is 0.929. The molecule has 28 heavy (non-hydrogen) atoms. The second kappa shape index (κ2) is 8.18. The normalized spacial score (nSPS) is 16.6. The molecule has 0 spiro atoms. The monoisotopic (exact) mass is 407 g/mol. The Bertz CT molecular complexity index is 818. The summed E-state index contributed by atoms with van der Waals surface area (Å²) in [7, 11) is 0. The van der Waals surface area contributed by atoms with E-state index in [0.29, 0.717) is 37.3 Å². The second-order valence-corrected chi connectivity index (χ2v) is 7.29. The summed E-state index contributed by atoms with van der Waals surface area (Å²) in [6, 6.07) is 4.34. The zero-order valence-corrected chi connectivity index (χ0v) is 16.6. The number of ether oxygens (including phenoxy) is 1. The number of halogens is 1. The highest BCUT2D eigenvalue weighted by Crippen LogP contribution is 2.26. The van der Waals surface area contributed by atoms with Crippen LogP contribution in [0, 0.1) is 0 Å². The molecule has 0 saturated carbocycles. The van der Waals surface area contributed by atoms with Gasteiger partial charge in [-0.2, -0.15) is 0 Å². The molecule has 0 radical (unpaired) electrons. The molecule has 1 aromatic carbocycles. The van der Waals surface area contributed by atoms with Crippen molar-refractivity contribution in [2.45, 2.75) is 19.9 Å². The van der Waals surface area contributed by atoms with E-state index in [1.54, 1.807) is 24.8 Å². The molecule has 2 aliphatic heterocycles. The number of amides is 4. The average molecular weight is 408 g/mol. The van der Waals surface area contributed by atoms with E-state index in [4.69, 9.17) is 16.3 Å². The summed E-state index contributed by atoms with van der Waals surface area (Å²) in [5.74, 6) is -0.716. The van der Waals surface area contributed by atoms with Crippen LogP contribution < -0.4 is 0 Å². The Morgan fingerprint density at radius 3 is 2.25 bits per heavy atom. The maximum absolute atomic E-state index is 12.8. The molecule has 150 valence electrons. The number of carbonyl (C=O) groups excluding carboxylic acids is 4. The zero-order chi connectivity index (χ0) is 20.4. The number of alkyl halides is 1. The molecule has 1 fully saturated rings. The highest BCUT2D eigenvalue weighted by Gasteiger charge is 2.38. The third-order valence-corrected chi connectivity index (χ3v) is 4.96. The fourth-order valence-corrected chi connectivity index (χ4v) is 3.43. The van der Waals surface area contributed by atoms with Gasteiger partial charge in [0.2, 0.25) is 0 Å². The number of piperazine rings is 1. The van der Waals surface area contributed by atoms with Gasteiger partial charge >= 0.3 is 6.09 Å². The highest BCUT2D eigenvalue weighted by molar-refractivity contribution is 6.22. The van der Waals surface area contributed by atoms with E-state index in [1.165, 1.54) is 21.9 Å². The minimum absolute atomic E-state index is 0.148. The van der Waals surface area contributed by atoms with E-state index in [2.05, 4.69) is 0 Å². The molecule has 3 rings (SSSR count). The molecular weight excluding hydrogens is 386 g/mol. The number of hydrogen-bond acceptors (Lipinski definition) is 5. The molecule has 8 nitrogen and oxygen atoms in total. The number of hydrogen-bond donors (Lipinski definition) is 0. The van der Waals surface area contributed by atoms with Crippen LogP contribution in [-0.4, -0.2) is 83.2 Å². The van der Waals surface area contributed by atoms with E-state index in [0.717, 1.165) is 0 Å². The van der Waals surface area contributed by atoms with Crippen molar-refractivity contribution >= 4 is 35.4 Å². The SMILES string of the molecule is CC(C)N1C(=O)c2ccc(C(=O)N3CCN(C(=O)OCCCl)CC3)cc2C1=O. The number of nitrogens with zero attached hydrogens (tertiary/aromatic N) is 3. The molecule has 1 aromatic rings. The predicted octanol–water partition coefficient (Wildman–Crippen LogP) is 1.82. The van der Waals surface area contributed by atoms with Gasteiger partial charge < -0.3 is 14.5 Å². The third-order valence-electron chi connectivity index (χ3n) is 4.81. The largest absolute Gasteiger partial charge is 0.448 e. The molecular formula is C19H22ClN3O5. The number of fused-ring (bicyclic) bond motifs is 1. The molecule has 0 unspecified atom stereocenters. The summed E-state index contributed by atoms with van der Waals surface area (Å²) < 4.78 is 4.99. The van der Waals surface area contributed by atoms with E-state index < -0.39 is 6.09 Å². The molecule has 2 aliphatic rings. The minimum Gasteiger partial charge on any atom is -0.448 e. The van der Waals surface area contributed by atoms with Crippen LogP contribution in [0.4, 0.5) is 4.79 Å². The van der Waals surface area contributed by atoms with Crippen molar-refractivity contribution in [2.24, 2.45) is 0 Å². The van der Waals surface area contributed by atoms with Crippen LogP contribution in [-0.2, 0) is 4.74 Å². The summed E-state index contributed by atoms with van der Waals surface area (Å²) in [6.07, 6.45) is -0.442. The van der Waals surface area contributed by atoms with Crippen LogP contribution in [0.1, 0.15) is 44.9 Å². The average Bonchev–Trinajstić information content (AvgIpc) is 2.95. The first-order valence-electron chi connectivity index (χ1n) is 9.14. The quantitative estimate of drug-likeness (QED) is 0.561. The van der Waals surface area contributed by atoms with Crippen molar-refractivity contribution in [3.8, 4) is 0 Å². The van der Waals surface area contributed by atoms with Crippen molar-refractivity contribution in [1.29, 1.82) is 0 Å². The summed E-state index contributed by atoms with van der Waals surface area (Å²) in [6.45, 7) is 5.12. The van der Waals surface area contributed by atoms with Crippen LogP contribution in [0.3, 0.4) is 0 Å². The lowest BCUT2D eigenvalue weighted by molar-refractivity contribution is 0.0572. The maximum Gasteiger partial charge on any atom is 0.409 e. The predicted molar refractivity (Wildman–Crippen MR) is 102 cm³/mol. The number of imide groups is 1. The summed E-state index contributed by atoms with van der Waals surface area (Å²) in [4.78, 5) is 53.9. The Kier molecular flexibility index (Phi) is 5.88. The molecule has 1 saturated heterocycles. The zero-order valence-electron chi connectivity index (χ0n) is 15.8. The number of carbonyl (C=O) groups is 4. The first-order valence-corrected chi connectivity index (χ1v) is 9.67. The van der Waals surface area contributed by atoms with Gasteiger partial charge in [-0.25, -0.2) is 4.79 Å². The van der Waals surface area contributed by atoms with E-state index in [1.807, 2.05) is 0 Å². The fraction of sp³-hybridized carbons (Fsp3) is 0.474. The topological polar surface area (TPSA) is 87.2 Å². The molecule has 0 N–H and O–H groups in total. The molecule has 4 amide bonds. The Morgan fingerprint density at radius 1 is 1.04 bits per heavy atom. The Hall–Kier alpha value is -2.61. The number of rotatable bonds is 4. The van der Waals surface area contributed by atoms with Gasteiger partial charge in [0.1, 0.15) is 6.61 Å². The van der Waals surface area contributed by atoms with Crippen molar-refractivity contribution < 1.29 is 23.9 Å². The summed E-state index contributed by atoms with van der Waals surface area (Å²) in [5, 5.41) is 0. The van der Waals surface area contributed by atoms with Crippen molar-refractivity contribution in [2.75, 3.05) is 38.7 Å². The van der Waals surface area contributed by atoms with Gasteiger partial charge in [-0.1, -0.05) is 0 Å². The molecule has 2 heterocycles. The third kappa shape index (κ3) is 3.69. The maximum atomic E-state index is 12.8. The number of benzene rings is 1. The van der Waals surface area contributed by atoms with Crippen LogP contribution in [0.15, 0.2) is 18.2 Å². The van der Waals surface area contributed by atoms with Gasteiger partial charge in [-0.15, -0.1) is 11.6 Å². The van der Waals surface area contributed by atoms with E-state index >= 15 is 0 Å². The van der Waals surface area contributed by atoms with Crippen molar-refractivity contribution in [3.05, 3.63) is 34.9 Å². The molecule has 9 heteroatoms. The van der Waals surface area contributed by atoms with Crippen LogP contribution in [0.25, 0.3) is 0 Å². The van der Waals surface area contributed by atoms with Crippen molar-refractivity contribution in [3.63, 3.8) is 0 Å². The van der Waals surface area contributed by atoms with Gasteiger partial charge in [0.15, 0.2) is 0 Å². The van der Waals surface area contributed by atoms with Gasteiger partial charge in [-0.05, 0) is 32.0 Å². The van der Waals surface area contributed by atoms with Crippen LogP contribution in [0.2, 0.25) is 0 Å². The minimum atomic E-state index is -0.442. The molecule has 0 aliphatic carbocycles. The van der Waals surface area contributed by atoms with E-state index in [-0.39, 0.29) is 41.8 Å². The lowest BCUT2D eigenvalue weighted by atomic mass is 10.0. The lowest BCUT2D eigenvalue weighted by Gasteiger charge is -2.34. The Balaban J connectivity index is 1.68. The molecule has 0 aromatic heterocycles. The van der Waals surface area contributed by atoms with Crippen LogP contribution >= 0.6 is 11.6 Å². The van der Waals surface area contributed by atoms with Gasteiger partial charge in [0.25, 0.3) is 17.7 Å². The van der Waals surface area contributed by atoms with Crippen molar-refractivity contribution in [1.82, 2.24) is 14.7 Å². The second-order valence-electron chi connectivity index (χ2n) is 6.92. The Labute approximate surface area is 168 Å².